The fourth-order valence-corrected chi connectivity index (χ4v) is 2.88. The summed E-state index contributed by atoms with van der Waals surface area (Å²) in [5, 5.41) is 9.22. The van der Waals surface area contributed by atoms with Crippen LogP contribution >= 0.6 is 11.6 Å². The Labute approximate surface area is 137 Å². The van der Waals surface area contributed by atoms with Crippen molar-refractivity contribution in [1.29, 1.82) is 0 Å². The highest BCUT2D eigenvalue weighted by atomic mass is 35.5. The summed E-state index contributed by atoms with van der Waals surface area (Å²) in [4.78, 5) is 10.9. The SMILES string of the molecule is Clc1ccccc1Cn1nnc2c(N3CCOCC3)ncnc21. The first-order valence-corrected chi connectivity index (χ1v) is 7.81. The van der Waals surface area contributed by atoms with E-state index in [1.54, 1.807) is 11.0 Å². The first kappa shape index (κ1) is 14.3. The molecule has 1 aliphatic rings. The molecule has 4 rings (SSSR count). The molecular formula is C15H15ClN6O. The maximum atomic E-state index is 6.23. The highest BCUT2D eigenvalue weighted by Crippen LogP contribution is 2.23. The summed E-state index contributed by atoms with van der Waals surface area (Å²) in [6.07, 6.45) is 1.56. The molecule has 0 saturated carbocycles. The van der Waals surface area contributed by atoms with Gasteiger partial charge in [-0.1, -0.05) is 35.0 Å². The molecule has 23 heavy (non-hydrogen) atoms. The summed E-state index contributed by atoms with van der Waals surface area (Å²) in [7, 11) is 0. The van der Waals surface area contributed by atoms with E-state index in [1.165, 1.54) is 0 Å². The number of hydrogen-bond donors (Lipinski definition) is 0. The summed E-state index contributed by atoms with van der Waals surface area (Å²) in [5.74, 6) is 0.809. The zero-order chi connectivity index (χ0) is 15.6. The minimum atomic E-state index is 0.524. The smallest absolute Gasteiger partial charge is 0.184 e. The van der Waals surface area contributed by atoms with Gasteiger partial charge in [0.05, 0.1) is 19.8 Å². The van der Waals surface area contributed by atoms with Crippen LogP contribution in [-0.2, 0) is 11.3 Å². The number of nitrogens with zero attached hydrogens (tertiary/aromatic N) is 6. The molecule has 2 aromatic heterocycles. The lowest BCUT2D eigenvalue weighted by Crippen LogP contribution is -2.36. The predicted octanol–water partition coefficient (Wildman–Crippen LogP) is 1.76. The largest absolute Gasteiger partial charge is 0.378 e. The summed E-state index contributed by atoms with van der Waals surface area (Å²) < 4.78 is 7.14. The molecule has 8 heteroatoms. The van der Waals surface area contributed by atoms with Crippen LogP contribution < -0.4 is 4.90 Å². The zero-order valence-electron chi connectivity index (χ0n) is 12.4. The van der Waals surface area contributed by atoms with Gasteiger partial charge in [0.1, 0.15) is 6.33 Å². The van der Waals surface area contributed by atoms with Gasteiger partial charge in [0.15, 0.2) is 17.0 Å². The van der Waals surface area contributed by atoms with Gasteiger partial charge in [0.25, 0.3) is 0 Å². The molecule has 0 atom stereocenters. The van der Waals surface area contributed by atoms with E-state index >= 15 is 0 Å². The first-order chi connectivity index (χ1) is 11.3. The Bertz CT molecular complexity index is 830. The van der Waals surface area contributed by atoms with Gasteiger partial charge in [-0.15, -0.1) is 5.10 Å². The molecule has 1 saturated heterocycles. The minimum Gasteiger partial charge on any atom is -0.378 e. The fraction of sp³-hybridized carbons (Fsp3) is 0.333. The number of benzene rings is 1. The van der Waals surface area contributed by atoms with E-state index in [0.717, 1.165) is 24.5 Å². The number of aromatic nitrogens is 5. The predicted molar refractivity (Wildman–Crippen MR) is 86.7 cm³/mol. The molecule has 1 aliphatic heterocycles. The minimum absolute atomic E-state index is 0.524. The van der Waals surface area contributed by atoms with Crippen LogP contribution in [0, 0.1) is 0 Å². The summed E-state index contributed by atoms with van der Waals surface area (Å²) in [5.41, 5.74) is 2.40. The summed E-state index contributed by atoms with van der Waals surface area (Å²) in [6, 6.07) is 7.70. The lowest BCUT2D eigenvalue weighted by Gasteiger charge is -2.27. The van der Waals surface area contributed by atoms with Crippen molar-refractivity contribution >= 4 is 28.6 Å². The summed E-state index contributed by atoms with van der Waals surface area (Å²) >= 11 is 6.23. The molecule has 1 fully saturated rings. The van der Waals surface area contributed by atoms with Crippen LogP contribution in [0.4, 0.5) is 5.82 Å². The molecule has 0 amide bonds. The van der Waals surface area contributed by atoms with Crippen LogP contribution in [0.1, 0.15) is 5.56 Å². The van der Waals surface area contributed by atoms with Gasteiger partial charge in [-0.25, -0.2) is 14.6 Å². The van der Waals surface area contributed by atoms with E-state index in [9.17, 15) is 0 Å². The lowest BCUT2D eigenvalue weighted by atomic mass is 10.2. The molecule has 7 nitrogen and oxygen atoms in total. The number of halogens is 1. The molecule has 0 N–H and O–H groups in total. The molecule has 118 valence electrons. The number of fused-ring (bicyclic) bond motifs is 1. The Morgan fingerprint density at radius 1 is 1.13 bits per heavy atom. The summed E-state index contributed by atoms with van der Waals surface area (Å²) in [6.45, 7) is 3.50. The van der Waals surface area contributed by atoms with E-state index in [1.807, 2.05) is 24.3 Å². The lowest BCUT2D eigenvalue weighted by molar-refractivity contribution is 0.122. The molecule has 0 radical (unpaired) electrons. The van der Waals surface area contributed by atoms with Gasteiger partial charge in [-0.2, -0.15) is 0 Å². The molecule has 0 bridgehead atoms. The normalized spacial score (nSPS) is 15.3. The average Bonchev–Trinajstić information content (AvgIpc) is 3.01. The van der Waals surface area contributed by atoms with E-state index in [0.29, 0.717) is 35.9 Å². The van der Waals surface area contributed by atoms with Gasteiger partial charge in [-0.3, -0.25) is 0 Å². The van der Waals surface area contributed by atoms with Gasteiger partial charge in [-0.05, 0) is 11.6 Å². The molecule has 0 unspecified atom stereocenters. The molecule has 3 heterocycles. The third kappa shape index (κ3) is 2.73. The standard InChI is InChI=1S/C15H15ClN6O/c16-12-4-2-1-3-11(12)9-22-15-13(19-20-22)14(17-10-18-15)21-5-7-23-8-6-21/h1-4,10H,5-9H2. The number of rotatable bonds is 3. The third-order valence-corrected chi connectivity index (χ3v) is 4.24. The average molecular weight is 331 g/mol. The van der Waals surface area contributed by atoms with Crippen molar-refractivity contribution in [3.63, 3.8) is 0 Å². The quantitative estimate of drug-likeness (QED) is 0.729. The van der Waals surface area contributed by atoms with Gasteiger partial charge >= 0.3 is 0 Å². The Morgan fingerprint density at radius 3 is 2.78 bits per heavy atom. The van der Waals surface area contributed by atoms with E-state index in [-0.39, 0.29) is 0 Å². The van der Waals surface area contributed by atoms with Crippen molar-refractivity contribution in [3.05, 3.63) is 41.2 Å². The number of ether oxygens (including phenoxy) is 1. The van der Waals surface area contributed by atoms with Crippen molar-refractivity contribution in [2.75, 3.05) is 31.2 Å². The fourth-order valence-electron chi connectivity index (χ4n) is 2.68. The topological polar surface area (TPSA) is 69.0 Å². The van der Waals surface area contributed by atoms with Gasteiger partial charge < -0.3 is 9.64 Å². The first-order valence-electron chi connectivity index (χ1n) is 7.43. The maximum Gasteiger partial charge on any atom is 0.184 e. The maximum absolute atomic E-state index is 6.23. The Hall–Kier alpha value is -2.25. The van der Waals surface area contributed by atoms with Crippen molar-refractivity contribution in [2.24, 2.45) is 0 Å². The number of anilines is 1. The Kier molecular flexibility index (Phi) is 3.80. The van der Waals surface area contributed by atoms with Crippen molar-refractivity contribution in [2.45, 2.75) is 6.54 Å². The van der Waals surface area contributed by atoms with E-state index in [4.69, 9.17) is 16.3 Å². The highest BCUT2D eigenvalue weighted by molar-refractivity contribution is 6.31. The number of morpholine rings is 1. The van der Waals surface area contributed by atoms with Crippen LogP contribution in [0.5, 0.6) is 0 Å². The Morgan fingerprint density at radius 2 is 1.96 bits per heavy atom. The van der Waals surface area contributed by atoms with Crippen molar-refractivity contribution in [3.8, 4) is 0 Å². The monoisotopic (exact) mass is 330 g/mol. The highest BCUT2D eigenvalue weighted by Gasteiger charge is 2.19. The van der Waals surface area contributed by atoms with Crippen LogP contribution in [0.2, 0.25) is 5.02 Å². The molecule has 0 spiro atoms. The third-order valence-electron chi connectivity index (χ3n) is 3.87. The molecule has 3 aromatic rings. The number of hydrogen-bond acceptors (Lipinski definition) is 6. The molecule has 1 aromatic carbocycles. The van der Waals surface area contributed by atoms with Gasteiger partial charge in [0, 0.05) is 18.1 Å². The van der Waals surface area contributed by atoms with E-state index in [2.05, 4.69) is 25.2 Å². The zero-order valence-corrected chi connectivity index (χ0v) is 13.1. The Balaban J connectivity index is 1.71. The van der Waals surface area contributed by atoms with Crippen molar-refractivity contribution < 1.29 is 4.74 Å². The van der Waals surface area contributed by atoms with Crippen LogP contribution in [0.15, 0.2) is 30.6 Å². The van der Waals surface area contributed by atoms with Crippen molar-refractivity contribution in [1.82, 2.24) is 25.0 Å². The molecular weight excluding hydrogens is 316 g/mol. The second-order valence-corrected chi connectivity index (χ2v) is 5.71. The second kappa shape index (κ2) is 6.10. The van der Waals surface area contributed by atoms with E-state index < -0.39 is 0 Å². The van der Waals surface area contributed by atoms with Crippen LogP contribution in [0.3, 0.4) is 0 Å². The van der Waals surface area contributed by atoms with Gasteiger partial charge in [0.2, 0.25) is 0 Å². The van der Waals surface area contributed by atoms with Crippen LogP contribution in [-0.4, -0.2) is 51.3 Å². The second-order valence-electron chi connectivity index (χ2n) is 5.31. The molecule has 0 aliphatic carbocycles. The van der Waals surface area contributed by atoms with Crippen LogP contribution in [0.25, 0.3) is 11.2 Å².